The molecule has 1 amide bonds. The van der Waals surface area contributed by atoms with Crippen molar-refractivity contribution in [3.05, 3.63) is 59.9 Å². The molecule has 126 valence electrons. The van der Waals surface area contributed by atoms with Crippen LogP contribution in [-0.4, -0.2) is 36.7 Å². The molecule has 0 radical (unpaired) electrons. The zero-order valence-electron chi connectivity index (χ0n) is 13.7. The molecular formula is C19H23N3O2. The summed E-state index contributed by atoms with van der Waals surface area (Å²) in [6.45, 7) is 2.20. The van der Waals surface area contributed by atoms with Gasteiger partial charge in [-0.15, -0.1) is 0 Å². The first-order valence-electron chi connectivity index (χ1n) is 8.44. The van der Waals surface area contributed by atoms with Crippen LogP contribution < -0.4 is 10.6 Å². The lowest BCUT2D eigenvalue weighted by molar-refractivity contribution is 0.0954. The van der Waals surface area contributed by atoms with E-state index >= 15 is 0 Å². The van der Waals surface area contributed by atoms with Gasteiger partial charge >= 0.3 is 0 Å². The van der Waals surface area contributed by atoms with E-state index in [1.165, 1.54) is 5.56 Å². The quantitative estimate of drug-likeness (QED) is 0.821. The molecule has 1 atom stereocenters. The highest BCUT2D eigenvalue weighted by Crippen LogP contribution is 2.14. The van der Waals surface area contributed by atoms with Gasteiger partial charge in [0.25, 0.3) is 5.91 Å². The average Bonchev–Trinajstić information content (AvgIpc) is 3.15. The Labute approximate surface area is 142 Å². The Kier molecular flexibility index (Phi) is 5.80. The molecule has 1 unspecified atom stereocenters. The number of hydrogen-bond donors (Lipinski definition) is 2. The first-order valence-corrected chi connectivity index (χ1v) is 8.44. The van der Waals surface area contributed by atoms with Gasteiger partial charge in [-0.2, -0.15) is 0 Å². The van der Waals surface area contributed by atoms with E-state index < -0.39 is 0 Å². The number of hydrogen-bond acceptors (Lipinski definition) is 4. The molecule has 0 aliphatic carbocycles. The van der Waals surface area contributed by atoms with Gasteiger partial charge in [0.1, 0.15) is 0 Å². The van der Waals surface area contributed by atoms with Gasteiger partial charge in [-0.1, -0.05) is 30.3 Å². The average molecular weight is 325 g/mol. The number of nitrogens with one attached hydrogen (secondary N) is 2. The minimum Gasteiger partial charge on any atom is -0.381 e. The predicted octanol–water partition coefficient (Wildman–Crippen LogP) is 2.65. The minimum absolute atomic E-state index is 0.0980. The highest BCUT2D eigenvalue weighted by Gasteiger charge is 2.15. The second kappa shape index (κ2) is 8.45. The van der Waals surface area contributed by atoms with Gasteiger partial charge in [-0.05, 0) is 30.9 Å². The fraction of sp³-hybridized carbons (Fsp3) is 0.368. The molecule has 1 aliphatic heterocycles. The van der Waals surface area contributed by atoms with Crippen molar-refractivity contribution in [3.63, 3.8) is 0 Å². The number of ether oxygens (including phenoxy) is 1. The van der Waals surface area contributed by atoms with Crippen molar-refractivity contribution < 1.29 is 9.53 Å². The van der Waals surface area contributed by atoms with Crippen LogP contribution in [0.15, 0.2) is 48.8 Å². The summed E-state index contributed by atoms with van der Waals surface area (Å²) in [5, 5.41) is 6.24. The van der Waals surface area contributed by atoms with E-state index in [0.29, 0.717) is 12.1 Å². The Morgan fingerprint density at radius 2 is 2.12 bits per heavy atom. The molecule has 24 heavy (non-hydrogen) atoms. The number of nitrogens with zero attached hydrogens (tertiary/aromatic N) is 1. The van der Waals surface area contributed by atoms with Gasteiger partial charge in [0, 0.05) is 32.1 Å². The molecule has 3 rings (SSSR count). The zero-order chi connectivity index (χ0) is 16.6. The van der Waals surface area contributed by atoms with Gasteiger partial charge in [0.05, 0.1) is 17.4 Å². The molecule has 0 saturated carbocycles. The number of rotatable bonds is 7. The van der Waals surface area contributed by atoms with Crippen LogP contribution in [0, 0.1) is 0 Å². The maximum atomic E-state index is 12.2. The fourth-order valence-corrected chi connectivity index (χ4v) is 2.76. The Balaban J connectivity index is 1.48. The summed E-state index contributed by atoms with van der Waals surface area (Å²) in [4.78, 5) is 16.4. The van der Waals surface area contributed by atoms with Gasteiger partial charge < -0.3 is 15.4 Å². The largest absolute Gasteiger partial charge is 0.381 e. The normalized spacial score (nSPS) is 16.8. The standard InChI is InChI=1S/C19H23N3O2/c23-19(21-9-8-15-5-2-1-3-6-15)16-11-17(13-20-12-16)22-14-18-7-4-10-24-18/h1-3,5-6,11-13,18,22H,4,7-10,14H2,(H,21,23). The second-order valence-electron chi connectivity index (χ2n) is 5.97. The SMILES string of the molecule is O=C(NCCc1ccccc1)c1cncc(NCC2CCCO2)c1. The summed E-state index contributed by atoms with van der Waals surface area (Å²) in [7, 11) is 0. The molecule has 2 aromatic rings. The maximum Gasteiger partial charge on any atom is 0.252 e. The summed E-state index contributed by atoms with van der Waals surface area (Å²) in [6, 6.07) is 11.9. The smallest absolute Gasteiger partial charge is 0.252 e. The molecule has 1 aromatic carbocycles. The molecule has 1 fully saturated rings. The van der Waals surface area contributed by atoms with Crippen LogP contribution in [0.2, 0.25) is 0 Å². The van der Waals surface area contributed by atoms with Crippen LogP contribution in [0.1, 0.15) is 28.8 Å². The molecule has 2 N–H and O–H groups in total. The molecule has 1 aliphatic rings. The van der Waals surface area contributed by atoms with Gasteiger partial charge in [0.2, 0.25) is 0 Å². The van der Waals surface area contributed by atoms with Crippen molar-refractivity contribution in [2.24, 2.45) is 0 Å². The van der Waals surface area contributed by atoms with Crippen molar-refractivity contribution in [2.75, 3.05) is 25.0 Å². The van der Waals surface area contributed by atoms with Crippen LogP contribution in [0.5, 0.6) is 0 Å². The minimum atomic E-state index is -0.0980. The molecule has 5 nitrogen and oxygen atoms in total. The van der Waals surface area contributed by atoms with E-state index in [-0.39, 0.29) is 12.0 Å². The van der Waals surface area contributed by atoms with Crippen LogP contribution in [0.3, 0.4) is 0 Å². The van der Waals surface area contributed by atoms with Crippen molar-refractivity contribution in [2.45, 2.75) is 25.4 Å². The highest BCUT2D eigenvalue weighted by atomic mass is 16.5. The molecule has 2 heterocycles. The Morgan fingerprint density at radius 1 is 1.25 bits per heavy atom. The van der Waals surface area contributed by atoms with E-state index in [2.05, 4.69) is 27.8 Å². The summed E-state index contributed by atoms with van der Waals surface area (Å²) >= 11 is 0. The van der Waals surface area contributed by atoms with Crippen LogP contribution in [0.4, 0.5) is 5.69 Å². The molecule has 5 heteroatoms. The third kappa shape index (κ3) is 4.80. The number of carbonyl (C=O) groups excluding carboxylic acids is 1. The monoisotopic (exact) mass is 325 g/mol. The van der Waals surface area contributed by atoms with E-state index in [9.17, 15) is 4.79 Å². The number of anilines is 1. The summed E-state index contributed by atoms with van der Waals surface area (Å²) in [5.41, 5.74) is 2.63. The van der Waals surface area contributed by atoms with Gasteiger partial charge in [0.15, 0.2) is 0 Å². The first-order chi connectivity index (χ1) is 11.8. The van der Waals surface area contributed by atoms with Crippen molar-refractivity contribution in [1.82, 2.24) is 10.3 Å². The van der Waals surface area contributed by atoms with E-state index in [4.69, 9.17) is 4.74 Å². The van der Waals surface area contributed by atoms with Crippen molar-refractivity contribution in [3.8, 4) is 0 Å². The number of carbonyl (C=O) groups is 1. The Hall–Kier alpha value is -2.40. The maximum absolute atomic E-state index is 12.2. The Morgan fingerprint density at radius 3 is 2.92 bits per heavy atom. The molecule has 0 bridgehead atoms. The number of aromatic nitrogens is 1. The molecule has 1 aromatic heterocycles. The summed E-state index contributed by atoms with van der Waals surface area (Å²) < 4.78 is 5.59. The van der Waals surface area contributed by atoms with Crippen LogP contribution in [0.25, 0.3) is 0 Å². The lowest BCUT2D eigenvalue weighted by atomic mass is 10.1. The van der Waals surface area contributed by atoms with E-state index in [1.807, 2.05) is 24.3 Å². The number of amides is 1. The van der Waals surface area contributed by atoms with Crippen LogP contribution >= 0.6 is 0 Å². The molecular weight excluding hydrogens is 302 g/mol. The van der Waals surface area contributed by atoms with Crippen molar-refractivity contribution >= 4 is 11.6 Å². The lowest BCUT2D eigenvalue weighted by Crippen LogP contribution is -2.26. The first kappa shape index (κ1) is 16.5. The topological polar surface area (TPSA) is 63.2 Å². The lowest BCUT2D eigenvalue weighted by Gasteiger charge is -2.12. The third-order valence-corrected chi connectivity index (χ3v) is 4.10. The second-order valence-corrected chi connectivity index (χ2v) is 5.97. The van der Waals surface area contributed by atoms with Gasteiger partial charge in [-0.25, -0.2) is 0 Å². The fourth-order valence-electron chi connectivity index (χ4n) is 2.76. The van der Waals surface area contributed by atoms with Crippen molar-refractivity contribution in [1.29, 1.82) is 0 Å². The molecule has 0 spiro atoms. The number of pyridine rings is 1. The third-order valence-electron chi connectivity index (χ3n) is 4.10. The van der Waals surface area contributed by atoms with E-state index in [1.54, 1.807) is 12.4 Å². The van der Waals surface area contributed by atoms with Gasteiger partial charge in [-0.3, -0.25) is 9.78 Å². The molecule has 1 saturated heterocycles. The highest BCUT2D eigenvalue weighted by molar-refractivity contribution is 5.94. The predicted molar refractivity (Wildman–Crippen MR) is 94.2 cm³/mol. The van der Waals surface area contributed by atoms with Crippen LogP contribution in [-0.2, 0) is 11.2 Å². The summed E-state index contributed by atoms with van der Waals surface area (Å²) in [6.07, 6.45) is 6.60. The van der Waals surface area contributed by atoms with E-state index in [0.717, 1.165) is 38.1 Å². The summed E-state index contributed by atoms with van der Waals surface area (Å²) in [5.74, 6) is -0.0980. The number of benzene rings is 1. The zero-order valence-corrected chi connectivity index (χ0v) is 13.7. The Bertz CT molecular complexity index is 655.